The van der Waals surface area contributed by atoms with E-state index in [4.69, 9.17) is 4.74 Å². The molecule has 1 aromatic rings. The predicted molar refractivity (Wildman–Crippen MR) is 89.2 cm³/mol. The number of esters is 1. The van der Waals surface area contributed by atoms with Gasteiger partial charge in [0.15, 0.2) is 0 Å². The molecule has 3 N–H and O–H groups in total. The summed E-state index contributed by atoms with van der Waals surface area (Å²) >= 11 is 0. The average Bonchev–Trinajstić information content (AvgIpc) is 2.48. The molecule has 0 aromatic carbocycles. The number of carbonyl (C=O) groups excluding carboxylic acids is 2. The number of ether oxygens (including phenoxy) is 1. The van der Waals surface area contributed by atoms with E-state index < -0.39 is 17.7 Å². The van der Waals surface area contributed by atoms with Gasteiger partial charge in [-0.1, -0.05) is 0 Å². The zero-order valence-electron chi connectivity index (χ0n) is 13.8. The molecular formula is C16H23N3O4. The molecule has 23 heavy (non-hydrogen) atoms. The molecular weight excluding hydrogens is 298 g/mol. The minimum atomic E-state index is -1.10. The second kappa shape index (κ2) is 8.28. The van der Waals surface area contributed by atoms with Crippen molar-refractivity contribution >= 4 is 29.8 Å². The van der Waals surface area contributed by atoms with Gasteiger partial charge >= 0.3 is 5.97 Å². The van der Waals surface area contributed by atoms with Crippen LogP contribution in [0.25, 0.3) is 6.08 Å². The largest absolute Gasteiger partial charge is 0.457 e. The van der Waals surface area contributed by atoms with Crippen LogP contribution in [0.3, 0.4) is 0 Å². The molecule has 1 atom stereocenters. The van der Waals surface area contributed by atoms with Crippen LogP contribution in [-0.4, -0.2) is 47.6 Å². The number of hydrogen-bond donors (Lipinski definition) is 3. The lowest BCUT2D eigenvalue weighted by molar-refractivity contribution is -0.148. The van der Waals surface area contributed by atoms with E-state index in [0.717, 1.165) is 0 Å². The third kappa shape index (κ3) is 6.92. The lowest BCUT2D eigenvalue weighted by Crippen LogP contribution is -2.22. The molecule has 1 unspecified atom stereocenters. The maximum Gasteiger partial charge on any atom is 0.331 e. The predicted octanol–water partition coefficient (Wildman–Crippen LogP) is 1.45. The fourth-order valence-corrected chi connectivity index (χ4v) is 1.67. The van der Waals surface area contributed by atoms with Crippen LogP contribution in [0.4, 0.5) is 11.5 Å². The van der Waals surface area contributed by atoms with Crippen LogP contribution in [0, 0.1) is 0 Å². The van der Waals surface area contributed by atoms with Crippen molar-refractivity contribution in [2.24, 2.45) is 0 Å². The van der Waals surface area contributed by atoms with E-state index >= 15 is 0 Å². The standard InChI is InChI=1S/C16H23N3O4/c1-16(2,3)23-14(22)6-5-11-7-13(15(17-4)19-8-11)18-9-12(21)10-20/h5-8,10,12,18,21H,9H2,1-4H3,(H,17,19)/b6-5+. The van der Waals surface area contributed by atoms with Crippen molar-refractivity contribution in [1.29, 1.82) is 0 Å². The van der Waals surface area contributed by atoms with Gasteiger partial charge < -0.3 is 25.3 Å². The Hall–Kier alpha value is -2.41. The molecule has 0 aliphatic carbocycles. The molecule has 1 heterocycles. The summed E-state index contributed by atoms with van der Waals surface area (Å²) in [5.74, 6) is 0.124. The second-order valence-corrected chi connectivity index (χ2v) is 5.87. The fraction of sp³-hybridized carbons (Fsp3) is 0.438. The number of rotatable bonds is 7. The highest BCUT2D eigenvalue weighted by Gasteiger charge is 2.14. The van der Waals surface area contributed by atoms with E-state index in [9.17, 15) is 14.7 Å². The van der Waals surface area contributed by atoms with Gasteiger partial charge in [-0.2, -0.15) is 0 Å². The Balaban J connectivity index is 2.84. The number of pyridine rings is 1. The summed E-state index contributed by atoms with van der Waals surface area (Å²) in [6.07, 6.45) is 3.85. The van der Waals surface area contributed by atoms with Gasteiger partial charge in [-0.15, -0.1) is 0 Å². The van der Waals surface area contributed by atoms with E-state index in [2.05, 4.69) is 15.6 Å². The Labute approximate surface area is 135 Å². The van der Waals surface area contributed by atoms with Crippen molar-refractivity contribution in [2.75, 3.05) is 24.2 Å². The zero-order valence-corrected chi connectivity index (χ0v) is 13.8. The summed E-state index contributed by atoms with van der Waals surface area (Å²) in [6, 6.07) is 1.75. The lowest BCUT2D eigenvalue weighted by atomic mass is 10.2. The fourth-order valence-electron chi connectivity index (χ4n) is 1.67. The van der Waals surface area contributed by atoms with E-state index in [1.165, 1.54) is 6.08 Å². The molecule has 0 aliphatic heterocycles. The molecule has 0 spiro atoms. The molecule has 1 rings (SSSR count). The van der Waals surface area contributed by atoms with Crippen molar-refractivity contribution in [3.8, 4) is 0 Å². The van der Waals surface area contributed by atoms with E-state index in [1.54, 1.807) is 46.2 Å². The van der Waals surface area contributed by atoms with Gasteiger partial charge in [0.05, 0.1) is 5.69 Å². The van der Waals surface area contributed by atoms with Crippen molar-refractivity contribution in [3.63, 3.8) is 0 Å². The minimum absolute atomic E-state index is 0.0685. The smallest absolute Gasteiger partial charge is 0.331 e. The van der Waals surface area contributed by atoms with Gasteiger partial charge in [-0.3, -0.25) is 0 Å². The SMILES string of the molecule is CNc1ncc(/C=C/C(=O)OC(C)(C)C)cc1NCC(O)C=O. The number of aliphatic hydroxyl groups is 1. The number of hydrogen-bond acceptors (Lipinski definition) is 7. The molecule has 0 saturated carbocycles. The van der Waals surface area contributed by atoms with Crippen LogP contribution in [-0.2, 0) is 14.3 Å². The number of aliphatic hydroxyl groups excluding tert-OH is 1. The van der Waals surface area contributed by atoms with E-state index in [1.807, 2.05) is 0 Å². The van der Waals surface area contributed by atoms with Gasteiger partial charge in [0.2, 0.25) is 0 Å². The van der Waals surface area contributed by atoms with Gasteiger partial charge in [0.25, 0.3) is 0 Å². The molecule has 0 fully saturated rings. The molecule has 1 aromatic heterocycles. The summed E-state index contributed by atoms with van der Waals surface area (Å²) in [7, 11) is 1.71. The topological polar surface area (TPSA) is 101 Å². The number of anilines is 2. The first-order chi connectivity index (χ1) is 10.7. The average molecular weight is 321 g/mol. The van der Waals surface area contributed by atoms with Crippen LogP contribution in [0.1, 0.15) is 26.3 Å². The summed E-state index contributed by atoms with van der Waals surface area (Å²) < 4.78 is 5.18. The van der Waals surface area contributed by atoms with Crippen LogP contribution in [0.5, 0.6) is 0 Å². The second-order valence-electron chi connectivity index (χ2n) is 5.87. The molecule has 126 valence electrons. The first-order valence-corrected chi connectivity index (χ1v) is 7.21. The number of aldehydes is 1. The third-order valence-electron chi connectivity index (χ3n) is 2.62. The lowest BCUT2D eigenvalue weighted by Gasteiger charge is -2.17. The molecule has 0 radical (unpaired) electrons. The number of aromatic nitrogens is 1. The Bertz CT molecular complexity index is 579. The van der Waals surface area contributed by atoms with Crippen molar-refractivity contribution in [2.45, 2.75) is 32.5 Å². The Morgan fingerprint density at radius 2 is 2.17 bits per heavy atom. The highest BCUT2D eigenvalue weighted by Crippen LogP contribution is 2.20. The van der Waals surface area contributed by atoms with E-state index in [-0.39, 0.29) is 6.54 Å². The van der Waals surface area contributed by atoms with Crippen molar-refractivity contribution < 1.29 is 19.4 Å². The normalized spacial score (nSPS) is 12.7. The molecule has 0 amide bonds. The Kier molecular flexibility index (Phi) is 6.71. The minimum Gasteiger partial charge on any atom is -0.457 e. The molecule has 0 bridgehead atoms. The summed E-state index contributed by atoms with van der Waals surface area (Å²) in [6.45, 7) is 5.45. The number of nitrogens with zero attached hydrogens (tertiary/aromatic N) is 1. The molecule has 0 aliphatic rings. The number of carbonyl (C=O) groups is 2. The van der Waals surface area contributed by atoms with Gasteiger partial charge in [-0.25, -0.2) is 9.78 Å². The monoisotopic (exact) mass is 321 g/mol. The Morgan fingerprint density at radius 3 is 2.74 bits per heavy atom. The van der Waals surface area contributed by atoms with Gasteiger partial charge in [-0.05, 0) is 38.5 Å². The quantitative estimate of drug-likeness (QED) is 0.397. The van der Waals surface area contributed by atoms with Crippen LogP contribution in [0.2, 0.25) is 0 Å². The maximum absolute atomic E-state index is 11.7. The maximum atomic E-state index is 11.7. The highest BCUT2D eigenvalue weighted by atomic mass is 16.6. The Morgan fingerprint density at radius 1 is 1.48 bits per heavy atom. The highest BCUT2D eigenvalue weighted by molar-refractivity contribution is 5.87. The van der Waals surface area contributed by atoms with Gasteiger partial charge in [0, 0.05) is 25.9 Å². The van der Waals surface area contributed by atoms with Crippen LogP contribution >= 0.6 is 0 Å². The number of nitrogens with one attached hydrogen (secondary N) is 2. The van der Waals surface area contributed by atoms with Crippen LogP contribution < -0.4 is 10.6 Å². The summed E-state index contributed by atoms with van der Waals surface area (Å²) in [5, 5.41) is 15.1. The zero-order chi connectivity index (χ0) is 17.5. The third-order valence-corrected chi connectivity index (χ3v) is 2.62. The molecule has 7 nitrogen and oxygen atoms in total. The van der Waals surface area contributed by atoms with Gasteiger partial charge in [0.1, 0.15) is 23.8 Å². The first kappa shape index (κ1) is 18.6. The first-order valence-electron chi connectivity index (χ1n) is 7.21. The van der Waals surface area contributed by atoms with Crippen LogP contribution in [0.15, 0.2) is 18.3 Å². The molecule has 0 saturated heterocycles. The summed E-state index contributed by atoms with van der Waals surface area (Å²) in [4.78, 5) is 26.3. The van der Waals surface area contributed by atoms with E-state index in [0.29, 0.717) is 23.4 Å². The molecule has 7 heteroatoms. The van der Waals surface area contributed by atoms with Crippen molar-refractivity contribution in [3.05, 3.63) is 23.9 Å². The summed E-state index contributed by atoms with van der Waals surface area (Å²) in [5.41, 5.74) is 0.741. The van der Waals surface area contributed by atoms with Crippen molar-refractivity contribution in [1.82, 2.24) is 4.98 Å².